The molecule has 0 aliphatic carbocycles. The van der Waals surface area contributed by atoms with Crippen LogP contribution in [0.1, 0.15) is 18.5 Å². The first-order valence-corrected chi connectivity index (χ1v) is 9.61. The molecule has 1 aromatic rings. The standard InChI is InChI=1S/C19H21BrN6O2/c1-11-18(19(27)22-15-8-10-17(28-2)24-23-15)26-16(21-11)9-7-14(25-26)12-5-3-4-6-13(12)20/h3-10,14,16,21,23-25H,1-2H3,(H,22,27). The maximum Gasteiger partial charge on any atom is 0.276 e. The van der Waals surface area contributed by atoms with E-state index in [1.807, 2.05) is 36.2 Å². The number of ether oxygens (including phenoxy) is 1. The molecule has 9 heteroatoms. The summed E-state index contributed by atoms with van der Waals surface area (Å²) in [5, 5.41) is 8.06. The number of nitrogens with zero attached hydrogens (tertiary/aromatic N) is 1. The molecule has 4 rings (SSSR count). The Morgan fingerprint density at radius 3 is 2.75 bits per heavy atom. The summed E-state index contributed by atoms with van der Waals surface area (Å²) in [4.78, 5) is 13.0. The van der Waals surface area contributed by atoms with E-state index in [0.29, 0.717) is 17.4 Å². The van der Waals surface area contributed by atoms with E-state index in [1.54, 1.807) is 19.3 Å². The fourth-order valence-corrected chi connectivity index (χ4v) is 3.82. The van der Waals surface area contributed by atoms with E-state index in [2.05, 4.69) is 55.0 Å². The van der Waals surface area contributed by atoms with Gasteiger partial charge in [0.2, 0.25) is 5.88 Å². The molecule has 5 N–H and O–H groups in total. The number of rotatable bonds is 4. The number of benzene rings is 1. The molecule has 0 radical (unpaired) electrons. The van der Waals surface area contributed by atoms with E-state index in [9.17, 15) is 4.79 Å². The summed E-state index contributed by atoms with van der Waals surface area (Å²) in [5.41, 5.74) is 11.6. The minimum Gasteiger partial charge on any atom is -0.481 e. The topological polar surface area (TPSA) is 89.7 Å². The first-order valence-electron chi connectivity index (χ1n) is 8.81. The average Bonchev–Trinajstić information content (AvgIpc) is 3.04. The molecule has 3 aliphatic rings. The predicted octanol–water partition coefficient (Wildman–Crippen LogP) is 1.58. The lowest BCUT2D eigenvalue weighted by Gasteiger charge is -2.35. The van der Waals surface area contributed by atoms with Crippen LogP contribution in [0.25, 0.3) is 0 Å². The Morgan fingerprint density at radius 2 is 2.04 bits per heavy atom. The van der Waals surface area contributed by atoms with Gasteiger partial charge in [-0.15, -0.1) is 0 Å². The van der Waals surface area contributed by atoms with Crippen LogP contribution in [0.5, 0.6) is 0 Å². The van der Waals surface area contributed by atoms with Gasteiger partial charge in [-0.1, -0.05) is 40.2 Å². The highest BCUT2D eigenvalue weighted by molar-refractivity contribution is 9.10. The van der Waals surface area contributed by atoms with Crippen molar-refractivity contribution in [1.82, 2.24) is 31.9 Å². The Morgan fingerprint density at radius 1 is 1.21 bits per heavy atom. The van der Waals surface area contributed by atoms with Gasteiger partial charge in [-0.3, -0.25) is 20.7 Å². The molecule has 2 unspecified atom stereocenters. The van der Waals surface area contributed by atoms with Crippen molar-refractivity contribution in [3.05, 3.63) is 81.7 Å². The van der Waals surface area contributed by atoms with Crippen LogP contribution in [0.15, 0.2) is 76.1 Å². The van der Waals surface area contributed by atoms with Crippen LogP contribution in [0.4, 0.5) is 0 Å². The lowest BCUT2D eigenvalue weighted by Crippen LogP contribution is -2.51. The maximum atomic E-state index is 13.0. The lowest BCUT2D eigenvalue weighted by atomic mass is 10.1. The van der Waals surface area contributed by atoms with E-state index < -0.39 is 0 Å². The molecular formula is C19H21BrN6O2. The minimum atomic E-state index is -0.226. The van der Waals surface area contributed by atoms with Gasteiger partial charge in [0.05, 0.1) is 13.2 Å². The second-order valence-corrected chi connectivity index (χ2v) is 7.32. The van der Waals surface area contributed by atoms with Crippen molar-refractivity contribution in [1.29, 1.82) is 0 Å². The zero-order chi connectivity index (χ0) is 19.7. The van der Waals surface area contributed by atoms with Crippen LogP contribution in [0.3, 0.4) is 0 Å². The second kappa shape index (κ2) is 7.61. The Labute approximate surface area is 171 Å². The van der Waals surface area contributed by atoms with Gasteiger partial charge in [-0.2, -0.15) is 0 Å². The van der Waals surface area contributed by atoms with Crippen molar-refractivity contribution >= 4 is 21.8 Å². The minimum absolute atomic E-state index is 0.0526. The van der Waals surface area contributed by atoms with E-state index >= 15 is 0 Å². The molecule has 3 aliphatic heterocycles. The van der Waals surface area contributed by atoms with Crippen LogP contribution in [-0.4, -0.2) is 24.2 Å². The van der Waals surface area contributed by atoms with Crippen molar-refractivity contribution in [3.63, 3.8) is 0 Å². The third-order valence-corrected chi connectivity index (χ3v) is 5.37. The quantitative estimate of drug-likeness (QED) is 0.450. The summed E-state index contributed by atoms with van der Waals surface area (Å²) in [6.45, 7) is 1.89. The highest BCUT2D eigenvalue weighted by Gasteiger charge is 2.36. The molecule has 2 atom stereocenters. The van der Waals surface area contributed by atoms with E-state index in [1.165, 1.54) is 0 Å². The summed E-state index contributed by atoms with van der Waals surface area (Å²) in [5.74, 6) is 0.871. The molecule has 28 heavy (non-hydrogen) atoms. The zero-order valence-electron chi connectivity index (χ0n) is 15.4. The Balaban J connectivity index is 1.52. The molecule has 146 valence electrons. The Bertz CT molecular complexity index is 923. The number of hydrogen-bond donors (Lipinski definition) is 5. The van der Waals surface area contributed by atoms with Crippen molar-refractivity contribution in [2.24, 2.45) is 0 Å². The molecule has 0 saturated carbocycles. The molecular weight excluding hydrogens is 424 g/mol. The summed E-state index contributed by atoms with van der Waals surface area (Å²) < 4.78 is 6.09. The smallest absolute Gasteiger partial charge is 0.276 e. The van der Waals surface area contributed by atoms with Crippen molar-refractivity contribution in [2.75, 3.05) is 7.11 Å². The number of amides is 1. The number of nitrogens with one attached hydrogen (secondary N) is 5. The van der Waals surface area contributed by atoms with Crippen molar-refractivity contribution in [2.45, 2.75) is 19.1 Å². The summed E-state index contributed by atoms with van der Waals surface area (Å²) in [6, 6.07) is 7.97. The highest BCUT2D eigenvalue weighted by atomic mass is 79.9. The number of fused-ring (bicyclic) bond motifs is 1. The average molecular weight is 445 g/mol. The fourth-order valence-electron chi connectivity index (χ4n) is 3.29. The number of allylic oxidation sites excluding steroid dienone is 3. The highest BCUT2D eigenvalue weighted by Crippen LogP contribution is 2.30. The molecule has 0 fully saturated rings. The normalized spacial score (nSPS) is 23.0. The van der Waals surface area contributed by atoms with Gasteiger partial charge in [0.25, 0.3) is 5.91 Å². The van der Waals surface area contributed by atoms with Crippen LogP contribution >= 0.6 is 15.9 Å². The number of methoxy groups -OCH3 is 1. The van der Waals surface area contributed by atoms with Gasteiger partial charge in [0.15, 0.2) is 0 Å². The van der Waals surface area contributed by atoms with E-state index in [4.69, 9.17) is 4.74 Å². The maximum absolute atomic E-state index is 13.0. The third kappa shape index (κ3) is 3.46. The fraction of sp³-hybridized carbons (Fsp3) is 0.211. The molecule has 0 aromatic heterocycles. The van der Waals surface area contributed by atoms with Gasteiger partial charge in [-0.25, -0.2) is 5.43 Å². The number of halogens is 1. The van der Waals surface area contributed by atoms with Crippen molar-refractivity contribution in [3.8, 4) is 0 Å². The first kappa shape index (κ1) is 18.5. The summed E-state index contributed by atoms with van der Waals surface area (Å²) in [6.07, 6.45) is 7.49. The monoisotopic (exact) mass is 444 g/mol. The van der Waals surface area contributed by atoms with Crippen LogP contribution < -0.4 is 26.9 Å². The van der Waals surface area contributed by atoms with Gasteiger partial charge >= 0.3 is 0 Å². The zero-order valence-corrected chi connectivity index (χ0v) is 17.0. The Kier molecular flexibility index (Phi) is 5.01. The summed E-state index contributed by atoms with van der Waals surface area (Å²) in [7, 11) is 1.56. The van der Waals surface area contributed by atoms with Crippen LogP contribution in [0, 0.1) is 0 Å². The van der Waals surface area contributed by atoms with Gasteiger partial charge in [0, 0.05) is 16.2 Å². The molecule has 1 amide bonds. The van der Waals surface area contributed by atoms with Crippen LogP contribution in [0.2, 0.25) is 0 Å². The third-order valence-electron chi connectivity index (χ3n) is 4.65. The first-order chi connectivity index (χ1) is 13.6. The number of hydrogen-bond acceptors (Lipinski definition) is 7. The lowest BCUT2D eigenvalue weighted by molar-refractivity contribution is -0.119. The second-order valence-electron chi connectivity index (χ2n) is 6.47. The number of carbonyl (C=O) groups is 1. The molecule has 8 nitrogen and oxygen atoms in total. The molecule has 3 heterocycles. The van der Waals surface area contributed by atoms with E-state index in [-0.39, 0.29) is 18.1 Å². The summed E-state index contributed by atoms with van der Waals surface area (Å²) >= 11 is 3.60. The van der Waals surface area contributed by atoms with Crippen molar-refractivity contribution < 1.29 is 9.53 Å². The number of carbonyl (C=O) groups excluding carboxylic acids is 1. The van der Waals surface area contributed by atoms with Gasteiger partial charge in [0.1, 0.15) is 17.7 Å². The Hall–Kier alpha value is -2.91. The van der Waals surface area contributed by atoms with Gasteiger partial charge in [-0.05, 0) is 30.7 Å². The van der Waals surface area contributed by atoms with E-state index in [0.717, 1.165) is 15.7 Å². The van der Waals surface area contributed by atoms with Gasteiger partial charge < -0.3 is 15.4 Å². The molecule has 0 spiro atoms. The number of hydrazine groups is 2. The largest absolute Gasteiger partial charge is 0.481 e. The predicted molar refractivity (Wildman–Crippen MR) is 108 cm³/mol. The molecule has 0 bridgehead atoms. The molecule has 1 aromatic carbocycles. The SMILES string of the molecule is COC1=CC=C(NC(=O)C2=C(C)NC3C=CC(c4ccccc4Br)NN23)NN1. The molecule has 0 saturated heterocycles. The van der Waals surface area contributed by atoms with Crippen LogP contribution in [-0.2, 0) is 9.53 Å².